The summed E-state index contributed by atoms with van der Waals surface area (Å²) in [5, 5.41) is 0. The lowest BCUT2D eigenvalue weighted by Crippen LogP contribution is -2.19. The summed E-state index contributed by atoms with van der Waals surface area (Å²) in [7, 11) is 1.45. The van der Waals surface area contributed by atoms with Crippen molar-refractivity contribution in [3.05, 3.63) is 0 Å². The second-order valence-corrected chi connectivity index (χ2v) is 4.14. The second-order valence-electron chi connectivity index (χ2n) is 4.14. The Kier molecular flexibility index (Phi) is 1.55. The van der Waals surface area contributed by atoms with Crippen molar-refractivity contribution in [3.63, 3.8) is 0 Å². The maximum Gasteiger partial charge on any atom is 0.312 e. The van der Waals surface area contributed by atoms with Crippen LogP contribution in [0, 0.1) is 16.7 Å². The zero-order valence-electron chi connectivity index (χ0n) is 7.89. The van der Waals surface area contributed by atoms with Gasteiger partial charge in [-0.05, 0) is 18.3 Å². The van der Waals surface area contributed by atoms with E-state index in [-0.39, 0.29) is 16.8 Å². The van der Waals surface area contributed by atoms with Crippen LogP contribution in [0.3, 0.4) is 0 Å². The average Bonchev–Trinajstić information content (AvgIpc) is 2.34. The zero-order valence-corrected chi connectivity index (χ0v) is 7.89. The molecule has 2 heteroatoms. The average molecular weight is 156 g/mol. The van der Waals surface area contributed by atoms with Crippen LogP contribution in [0.15, 0.2) is 0 Å². The molecular weight excluding hydrogens is 140 g/mol. The predicted molar refractivity (Wildman–Crippen MR) is 43.1 cm³/mol. The topological polar surface area (TPSA) is 26.3 Å². The highest BCUT2D eigenvalue weighted by molar-refractivity contribution is 5.81. The molecule has 11 heavy (non-hydrogen) atoms. The van der Waals surface area contributed by atoms with Gasteiger partial charge < -0.3 is 4.74 Å². The Balaban J connectivity index is 2.82. The molecular formula is C9H16O2. The van der Waals surface area contributed by atoms with E-state index in [2.05, 4.69) is 20.8 Å². The molecule has 0 aromatic rings. The molecule has 2 unspecified atom stereocenters. The van der Waals surface area contributed by atoms with Crippen molar-refractivity contribution < 1.29 is 9.53 Å². The molecule has 1 aliphatic rings. The Bertz CT molecular complexity index is 196. The number of methoxy groups -OCH3 is 1. The van der Waals surface area contributed by atoms with E-state index in [1.165, 1.54) is 7.11 Å². The molecule has 0 aromatic heterocycles. The van der Waals surface area contributed by atoms with Crippen molar-refractivity contribution >= 4 is 5.97 Å². The lowest BCUT2D eigenvalue weighted by molar-refractivity contribution is -0.148. The molecule has 0 spiro atoms. The summed E-state index contributed by atoms with van der Waals surface area (Å²) < 4.78 is 4.74. The molecule has 0 aromatic carbocycles. The molecule has 0 aliphatic heterocycles. The molecule has 64 valence electrons. The quantitative estimate of drug-likeness (QED) is 0.541. The van der Waals surface area contributed by atoms with E-state index in [1.54, 1.807) is 0 Å². The number of carbonyl (C=O) groups is 1. The Morgan fingerprint density at radius 3 is 1.82 bits per heavy atom. The lowest BCUT2D eigenvalue weighted by atomic mass is 9.99. The fraction of sp³-hybridized carbons (Fsp3) is 0.889. The second kappa shape index (κ2) is 1.99. The van der Waals surface area contributed by atoms with Crippen LogP contribution in [0.4, 0.5) is 0 Å². The summed E-state index contributed by atoms with van der Waals surface area (Å²) in [5.41, 5.74) is -0.137. The van der Waals surface area contributed by atoms with Gasteiger partial charge in [-0.15, -0.1) is 0 Å². The van der Waals surface area contributed by atoms with Gasteiger partial charge in [0, 0.05) is 0 Å². The summed E-state index contributed by atoms with van der Waals surface area (Å²) >= 11 is 0. The van der Waals surface area contributed by atoms with E-state index in [0.717, 1.165) is 0 Å². The number of rotatable bonds is 1. The highest BCUT2D eigenvalue weighted by Gasteiger charge is 2.70. The van der Waals surface area contributed by atoms with Crippen molar-refractivity contribution in [2.45, 2.75) is 27.7 Å². The van der Waals surface area contributed by atoms with Crippen molar-refractivity contribution in [1.29, 1.82) is 0 Å². The summed E-state index contributed by atoms with van der Waals surface area (Å²) in [4.78, 5) is 11.3. The third-order valence-electron chi connectivity index (χ3n) is 3.81. The van der Waals surface area contributed by atoms with Crippen molar-refractivity contribution in [3.8, 4) is 0 Å². The minimum absolute atomic E-state index is 0.0741. The summed E-state index contributed by atoms with van der Waals surface area (Å²) in [5.74, 6) is 0.359. The smallest absolute Gasteiger partial charge is 0.312 e. The molecule has 0 bridgehead atoms. The normalized spacial score (nSPS) is 39.9. The summed E-state index contributed by atoms with van der Waals surface area (Å²) in [6.45, 7) is 8.28. The van der Waals surface area contributed by atoms with E-state index in [1.807, 2.05) is 6.92 Å². The van der Waals surface area contributed by atoms with Crippen LogP contribution < -0.4 is 0 Å². The van der Waals surface area contributed by atoms with E-state index < -0.39 is 0 Å². The van der Waals surface area contributed by atoms with E-state index in [9.17, 15) is 4.79 Å². The Morgan fingerprint density at radius 1 is 1.36 bits per heavy atom. The van der Waals surface area contributed by atoms with Crippen LogP contribution in [0.1, 0.15) is 27.7 Å². The molecule has 1 saturated carbocycles. The number of hydrogen-bond acceptors (Lipinski definition) is 2. The SMILES string of the molecule is COC(=O)C1(C)C(C)C1(C)C. The van der Waals surface area contributed by atoms with E-state index in [4.69, 9.17) is 4.74 Å². The van der Waals surface area contributed by atoms with Gasteiger partial charge in [0.2, 0.25) is 0 Å². The maximum atomic E-state index is 11.3. The number of carbonyl (C=O) groups excluding carboxylic acids is 1. The molecule has 2 atom stereocenters. The monoisotopic (exact) mass is 156 g/mol. The van der Waals surface area contributed by atoms with Gasteiger partial charge in [0.1, 0.15) is 0 Å². The van der Waals surface area contributed by atoms with Crippen LogP contribution in [-0.2, 0) is 9.53 Å². The van der Waals surface area contributed by atoms with Crippen molar-refractivity contribution in [2.75, 3.05) is 7.11 Å². The molecule has 0 heterocycles. The number of esters is 1. The molecule has 0 amide bonds. The molecule has 1 fully saturated rings. The van der Waals surface area contributed by atoms with Crippen molar-refractivity contribution in [2.24, 2.45) is 16.7 Å². The summed E-state index contributed by atoms with van der Waals surface area (Å²) in [6.07, 6.45) is 0. The minimum atomic E-state index is -0.248. The van der Waals surface area contributed by atoms with E-state index >= 15 is 0 Å². The van der Waals surface area contributed by atoms with Gasteiger partial charge in [0.25, 0.3) is 0 Å². The van der Waals surface area contributed by atoms with Gasteiger partial charge in [-0.1, -0.05) is 20.8 Å². The molecule has 0 radical (unpaired) electrons. The molecule has 1 aliphatic carbocycles. The summed E-state index contributed by atoms with van der Waals surface area (Å²) in [6, 6.07) is 0. The fourth-order valence-corrected chi connectivity index (χ4v) is 1.93. The third-order valence-corrected chi connectivity index (χ3v) is 3.81. The van der Waals surface area contributed by atoms with Gasteiger partial charge >= 0.3 is 5.97 Å². The van der Waals surface area contributed by atoms with Gasteiger partial charge in [0.05, 0.1) is 12.5 Å². The Labute approximate surface area is 67.9 Å². The number of ether oxygens (including phenoxy) is 1. The Morgan fingerprint density at radius 2 is 1.73 bits per heavy atom. The molecule has 2 nitrogen and oxygen atoms in total. The minimum Gasteiger partial charge on any atom is -0.469 e. The third kappa shape index (κ3) is 0.754. The first-order valence-electron chi connectivity index (χ1n) is 3.97. The first-order valence-corrected chi connectivity index (χ1v) is 3.97. The van der Waals surface area contributed by atoms with Crippen molar-refractivity contribution in [1.82, 2.24) is 0 Å². The maximum absolute atomic E-state index is 11.3. The first kappa shape index (κ1) is 8.57. The van der Waals surface area contributed by atoms with Gasteiger partial charge in [-0.3, -0.25) is 4.79 Å². The zero-order chi connectivity index (χ0) is 8.86. The molecule has 1 rings (SSSR count). The van der Waals surface area contributed by atoms with E-state index in [0.29, 0.717) is 5.92 Å². The Hall–Kier alpha value is -0.530. The highest BCUT2D eigenvalue weighted by atomic mass is 16.5. The standard InChI is InChI=1S/C9H16O2/c1-6-8(2,3)9(6,4)7(10)11-5/h6H,1-5H3. The number of hydrogen-bond donors (Lipinski definition) is 0. The lowest BCUT2D eigenvalue weighted by Gasteiger charge is -2.10. The molecule has 0 N–H and O–H groups in total. The van der Waals surface area contributed by atoms with Crippen LogP contribution in [0.5, 0.6) is 0 Å². The van der Waals surface area contributed by atoms with Crippen LogP contribution >= 0.6 is 0 Å². The molecule has 0 saturated heterocycles. The van der Waals surface area contributed by atoms with Crippen LogP contribution in [0.25, 0.3) is 0 Å². The predicted octanol–water partition coefficient (Wildman–Crippen LogP) is 1.84. The van der Waals surface area contributed by atoms with Gasteiger partial charge in [0.15, 0.2) is 0 Å². The van der Waals surface area contributed by atoms with Gasteiger partial charge in [-0.2, -0.15) is 0 Å². The first-order chi connectivity index (χ1) is 4.89. The van der Waals surface area contributed by atoms with Crippen LogP contribution in [-0.4, -0.2) is 13.1 Å². The largest absolute Gasteiger partial charge is 0.469 e. The van der Waals surface area contributed by atoms with Gasteiger partial charge in [-0.25, -0.2) is 0 Å². The van der Waals surface area contributed by atoms with Crippen LogP contribution in [0.2, 0.25) is 0 Å². The highest BCUT2D eigenvalue weighted by Crippen LogP contribution is 2.68. The fourth-order valence-electron chi connectivity index (χ4n) is 1.93.